The number of benzene rings is 1. The lowest BCUT2D eigenvalue weighted by Crippen LogP contribution is -2.33. The van der Waals surface area contributed by atoms with Gasteiger partial charge >= 0.3 is 0 Å². The van der Waals surface area contributed by atoms with Crippen LogP contribution in [0.3, 0.4) is 0 Å². The summed E-state index contributed by atoms with van der Waals surface area (Å²) in [7, 11) is 0. The first-order chi connectivity index (χ1) is 8.15. The fraction of sp³-hybridized carbons (Fsp3) is 0.600. The molecule has 1 aromatic carbocycles. The molecule has 1 aliphatic rings. The minimum Gasteiger partial charge on any atom is -0.313 e. The molecule has 0 saturated heterocycles. The van der Waals surface area contributed by atoms with Crippen LogP contribution >= 0.6 is 11.8 Å². The Morgan fingerprint density at radius 1 is 1.29 bits per heavy atom. The molecular formula is C15H23NS. The highest BCUT2D eigenvalue weighted by Gasteiger charge is 2.21. The monoisotopic (exact) mass is 249 g/mol. The molecule has 17 heavy (non-hydrogen) atoms. The van der Waals surface area contributed by atoms with E-state index in [1.54, 1.807) is 0 Å². The molecule has 0 saturated carbocycles. The van der Waals surface area contributed by atoms with E-state index in [0.29, 0.717) is 6.04 Å². The Morgan fingerprint density at radius 2 is 2.06 bits per heavy atom. The van der Waals surface area contributed by atoms with Crippen LogP contribution in [0.25, 0.3) is 0 Å². The van der Waals surface area contributed by atoms with Gasteiger partial charge in [-0.1, -0.05) is 32.0 Å². The predicted octanol–water partition coefficient (Wildman–Crippen LogP) is 3.73. The minimum atomic E-state index is 0.638. The third kappa shape index (κ3) is 3.75. The molecule has 0 bridgehead atoms. The van der Waals surface area contributed by atoms with Crippen LogP contribution in [0.15, 0.2) is 29.2 Å². The van der Waals surface area contributed by atoms with Gasteiger partial charge in [0.2, 0.25) is 0 Å². The second kappa shape index (κ2) is 5.92. The van der Waals surface area contributed by atoms with E-state index in [2.05, 4.69) is 50.4 Å². The fourth-order valence-corrected chi connectivity index (χ4v) is 3.75. The third-order valence-corrected chi connectivity index (χ3v) is 4.55. The number of hydrogen-bond acceptors (Lipinski definition) is 2. The van der Waals surface area contributed by atoms with Crippen molar-refractivity contribution in [2.45, 2.75) is 49.8 Å². The highest BCUT2D eigenvalue weighted by atomic mass is 32.2. The van der Waals surface area contributed by atoms with E-state index in [4.69, 9.17) is 0 Å². The summed E-state index contributed by atoms with van der Waals surface area (Å²) in [5, 5.41) is 4.39. The smallest absolute Gasteiger partial charge is 0.0260 e. The molecule has 2 heteroatoms. The maximum Gasteiger partial charge on any atom is 0.0260 e. The van der Waals surface area contributed by atoms with Crippen molar-refractivity contribution in [2.24, 2.45) is 5.92 Å². The molecule has 0 aliphatic carbocycles. The molecule has 0 spiro atoms. The topological polar surface area (TPSA) is 12.0 Å². The lowest BCUT2D eigenvalue weighted by Gasteiger charge is -2.18. The van der Waals surface area contributed by atoms with Crippen LogP contribution in [0.4, 0.5) is 0 Å². The van der Waals surface area contributed by atoms with Gasteiger partial charge in [-0.3, -0.25) is 0 Å². The van der Waals surface area contributed by atoms with Gasteiger partial charge < -0.3 is 5.32 Å². The zero-order valence-corrected chi connectivity index (χ0v) is 11.9. The van der Waals surface area contributed by atoms with Gasteiger partial charge in [-0.2, -0.15) is 0 Å². The number of fused-ring (bicyclic) bond motifs is 1. The first kappa shape index (κ1) is 13.0. The van der Waals surface area contributed by atoms with Crippen LogP contribution in [0.1, 0.15) is 32.8 Å². The van der Waals surface area contributed by atoms with Gasteiger partial charge in [0.25, 0.3) is 0 Å². The highest BCUT2D eigenvalue weighted by Crippen LogP contribution is 2.36. The molecule has 2 unspecified atom stereocenters. The van der Waals surface area contributed by atoms with Crippen molar-refractivity contribution in [1.82, 2.24) is 5.32 Å². The number of rotatable bonds is 5. The molecule has 1 nitrogen and oxygen atoms in total. The summed E-state index contributed by atoms with van der Waals surface area (Å²) in [5.74, 6) is 0.783. The second-order valence-corrected chi connectivity index (χ2v) is 6.83. The summed E-state index contributed by atoms with van der Waals surface area (Å²) in [6.07, 6.45) is 2.49. The van der Waals surface area contributed by atoms with Crippen LogP contribution in [0, 0.1) is 5.92 Å². The van der Waals surface area contributed by atoms with Gasteiger partial charge in [0.1, 0.15) is 0 Å². The van der Waals surface area contributed by atoms with Crippen molar-refractivity contribution < 1.29 is 0 Å². The Bertz CT molecular complexity index is 337. The van der Waals surface area contributed by atoms with Crippen LogP contribution in [0.5, 0.6) is 0 Å². The van der Waals surface area contributed by atoms with E-state index in [9.17, 15) is 0 Å². The zero-order chi connectivity index (χ0) is 12.3. The standard InChI is InChI=1S/C15H23NS/c1-11(2)8-12(3)16-10-14-9-13-6-4-5-7-15(13)17-14/h4-7,11-12,14,16H,8-10H2,1-3H3. The molecule has 2 atom stereocenters. The van der Waals surface area contributed by atoms with Crippen molar-refractivity contribution in [3.63, 3.8) is 0 Å². The molecule has 0 fully saturated rings. The van der Waals surface area contributed by atoms with Crippen molar-refractivity contribution in [1.29, 1.82) is 0 Å². The summed E-state index contributed by atoms with van der Waals surface area (Å²) in [4.78, 5) is 1.48. The summed E-state index contributed by atoms with van der Waals surface area (Å²) in [6, 6.07) is 9.44. The van der Waals surface area contributed by atoms with E-state index >= 15 is 0 Å². The van der Waals surface area contributed by atoms with Gasteiger partial charge in [-0.05, 0) is 37.3 Å². The summed E-state index contributed by atoms with van der Waals surface area (Å²) >= 11 is 2.03. The molecule has 1 aromatic rings. The van der Waals surface area contributed by atoms with Crippen LogP contribution in [-0.2, 0) is 6.42 Å². The average Bonchev–Trinajstić information content (AvgIpc) is 2.68. The number of nitrogens with one attached hydrogen (secondary N) is 1. The molecular weight excluding hydrogens is 226 g/mol. The maximum atomic E-state index is 3.67. The number of thioether (sulfide) groups is 1. The Kier molecular flexibility index (Phi) is 4.52. The predicted molar refractivity (Wildman–Crippen MR) is 76.7 cm³/mol. The van der Waals surface area contributed by atoms with Gasteiger partial charge in [-0.15, -0.1) is 11.8 Å². The van der Waals surface area contributed by atoms with E-state index in [-0.39, 0.29) is 0 Å². The summed E-state index contributed by atoms with van der Waals surface area (Å²) < 4.78 is 0. The lowest BCUT2D eigenvalue weighted by atomic mass is 10.0. The van der Waals surface area contributed by atoms with Crippen molar-refractivity contribution in [3.8, 4) is 0 Å². The molecule has 1 heterocycles. The molecule has 0 radical (unpaired) electrons. The first-order valence-corrected chi connectivity index (χ1v) is 7.51. The molecule has 2 rings (SSSR count). The van der Waals surface area contributed by atoms with Gasteiger partial charge in [0.15, 0.2) is 0 Å². The zero-order valence-electron chi connectivity index (χ0n) is 11.1. The minimum absolute atomic E-state index is 0.638. The van der Waals surface area contributed by atoms with Crippen LogP contribution < -0.4 is 5.32 Å². The lowest BCUT2D eigenvalue weighted by molar-refractivity contribution is 0.442. The molecule has 0 amide bonds. The Morgan fingerprint density at radius 3 is 2.76 bits per heavy atom. The first-order valence-electron chi connectivity index (χ1n) is 6.63. The third-order valence-electron chi connectivity index (χ3n) is 3.23. The molecule has 1 aliphatic heterocycles. The number of hydrogen-bond donors (Lipinski definition) is 1. The van der Waals surface area contributed by atoms with Gasteiger partial charge in [-0.25, -0.2) is 0 Å². The van der Waals surface area contributed by atoms with Crippen molar-refractivity contribution in [3.05, 3.63) is 29.8 Å². The largest absolute Gasteiger partial charge is 0.313 e. The van der Waals surface area contributed by atoms with E-state index in [1.165, 1.54) is 23.3 Å². The van der Waals surface area contributed by atoms with Crippen molar-refractivity contribution >= 4 is 11.8 Å². The van der Waals surface area contributed by atoms with Crippen molar-refractivity contribution in [2.75, 3.05) is 6.54 Å². The summed E-state index contributed by atoms with van der Waals surface area (Å²) in [6.45, 7) is 8.01. The van der Waals surface area contributed by atoms with Gasteiger partial charge in [0, 0.05) is 22.7 Å². The maximum absolute atomic E-state index is 3.67. The Labute approximate surface area is 109 Å². The average molecular weight is 249 g/mol. The van der Waals surface area contributed by atoms with Crippen LogP contribution in [0.2, 0.25) is 0 Å². The SMILES string of the molecule is CC(C)CC(C)NCC1Cc2ccccc2S1. The van der Waals surface area contributed by atoms with E-state index in [1.807, 2.05) is 11.8 Å². The molecule has 0 aromatic heterocycles. The van der Waals surface area contributed by atoms with E-state index < -0.39 is 0 Å². The quantitative estimate of drug-likeness (QED) is 0.853. The summed E-state index contributed by atoms with van der Waals surface area (Å²) in [5.41, 5.74) is 1.53. The second-order valence-electron chi connectivity index (χ2n) is 5.49. The Hall–Kier alpha value is -0.470. The fourth-order valence-electron chi connectivity index (χ4n) is 2.49. The molecule has 1 N–H and O–H groups in total. The van der Waals surface area contributed by atoms with Gasteiger partial charge in [0.05, 0.1) is 0 Å². The Balaban J connectivity index is 1.76. The van der Waals surface area contributed by atoms with E-state index in [0.717, 1.165) is 17.7 Å². The van der Waals surface area contributed by atoms with Crippen LogP contribution in [-0.4, -0.2) is 17.8 Å². The normalized spacial score (nSPS) is 20.6. The molecule has 94 valence electrons. The highest BCUT2D eigenvalue weighted by molar-refractivity contribution is 8.00.